The van der Waals surface area contributed by atoms with Gasteiger partial charge in [-0.15, -0.1) is 0 Å². The van der Waals surface area contributed by atoms with E-state index in [0.29, 0.717) is 0 Å². The van der Waals surface area contributed by atoms with Crippen LogP contribution in [0.15, 0.2) is 0 Å². The summed E-state index contributed by atoms with van der Waals surface area (Å²) in [5.74, 6) is -1.50. The third-order valence-electron chi connectivity index (χ3n) is 5.88. The monoisotopic (exact) mass is 374 g/mol. The molecule has 3 rings (SSSR count). The first kappa shape index (κ1) is 19.7. The lowest BCUT2D eigenvalue weighted by atomic mass is 9.85. The Morgan fingerprint density at radius 3 is 1.68 bits per heavy atom. The highest BCUT2D eigenvalue weighted by atomic mass is 28.4. The minimum atomic E-state index is -2.11. The van der Waals surface area contributed by atoms with Crippen molar-refractivity contribution in [1.82, 2.24) is 0 Å². The van der Waals surface area contributed by atoms with Gasteiger partial charge in [-0.3, -0.25) is 0 Å². The lowest BCUT2D eigenvalue weighted by molar-refractivity contribution is -0.183. The largest absolute Gasteiger partial charge is 0.408 e. The Hall–Kier alpha value is -0.0231. The highest BCUT2D eigenvalue weighted by molar-refractivity contribution is 6.74. The minimum absolute atomic E-state index is 0.0281. The number of fused-ring (bicyclic) bond motifs is 3. The van der Waals surface area contributed by atoms with Crippen LogP contribution in [0, 0.1) is 0 Å². The van der Waals surface area contributed by atoms with E-state index in [-0.39, 0.29) is 23.4 Å². The van der Waals surface area contributed by atoms with Crippen LogP contribution < -0.4 is 0 Å². The number of aliphatic hydroxyl groups excluding tert-OH is 1. The van der Waals surface area contributed by atoms with E-state index in [0.717, 1.165) is 0 Å². The van der Waals surface area contributed by atoms with Crippen LogP contribution in [0.2, 0.25) is 18.1 Å². The van der Waals surface area contributed by atoms with Gasteiger partial charge >= 0.3 is 0 Å². The van der Waals surface area contributed by atoms with Crippen LogP contribution in [-0.2, 0) is 23.4 Å². The molecule has 6 nitrogen and oxygen atoms in total. The highest BCUT2D eigenvalue weighted by Crippen LogP contribution is 2.47. The Bertz CT molecular complexity index is 526. The molecule has 25 heavy (non-hydrogen) atoms. The van der Waals surface area contributed by atoms with Gasteiger partial charge in [0.05, 0.1) is 0 Å². The summed E-state index contributed by atoms with van der Waals surface area (Å²) in [5.41, 5.74) is 0. The Kier molecular flexibility index (Phi) is 4.53. The lowest BCUT2D eigenvalue weighted by Gasteiger charge is -2.46. The first-order valence-electron chi connectivity index (χ1n) is 9.21. The molecule has 2 aliphatic heterocycles. The molecule has 0 bridgehead atoms. The number of rotatable bonds is 2. The van der Waals surface area contributed by atoms with Crippen molar-refractivity contribution in [2.24, 2.45) is 0 Å². The van der Waals surface area contributed by atoms with Gasteiger partial charge in [0.2, 0.25) is 0 Å². The van der Waals surface area contributed by atoms with Crippen molar-refractivity contribution in [3.05, 3.63) is 0 Å². The summed E-state index contributed by atoms with van der Waals surface area (Å²) in [6, 6.07) is 0. The molecule has 3 fully saturated rings. The molecule has 1 N–H and O–H groups in total. The summed E-state index contributed by atoms with van der Waals surface area (Å²) in [6.07, 6.45) is -2.86. The number of ether oxygens (including phenoxy) is 4. The van der Waals surface area contributed by atoms with E-state index in [1.807, 2.05) is 27.7 Å². The Balaban J connectivity index is 1.93. The predicted molar refractivity (Wildman–Crippen MR) is 95.7 cm³/mol. The Morgan fingerprint density at radius 2 is 1.20 bits per heavy atom. The van der Waals surface area contributed by atoms with Crippen molar-refractivity contribution in [3.8, 4) is 0 Å². The molecule has 2 heterocycles. The molecule has 1 saturated carbocycles. The van der Waals surface area contributed by atoms with Gasteiger partial charge in [0, 0.05) is 0 Å². The van der Waals surface area contributed by atoms with Crippen LogP contribution in [0.5, 0.6) is 0 Å². The second-order valence-electron chi connectivity index (χ2n) is 9.96. The maximum absolute atomic E-state index is 11.1. The molecule has 1 aliphatic carbocycles. The fourth-order valence-electron chi connectivity index (χ4n) is 3.70. The predicted octanol–water partition coefficient (Wildman–Crippen LogP) is 2.79. The summed E-state index contributed by atoms with van der Waals surface area (Å²) in [7, 11) is -2.11. The molecule has 6 atom stereocenters. The van der Waals surface area contributed by atoms with Crippen molar-refractivity contribution in [2.75, 3.05) is 0 Å². The molecule has 0 spiro atoms. The topological polar surface area (TPSA) is 66.4 Å². The zero-order valence-corrected chi connectivity index (χ0v) is 18.0. The van der Waals surface area contributed by atoms with Gasteiger partial charge in [-0.05, 0) is 45.8 Å². The maximum Gasteiger partial charge on any atom is 0.192 e. The molecule has 0 unspecified atom stereocenters. The Morgan fingerprint density at radius 1 is 0.800 bits per heavy atom. The van der Waals surface area contributed by atoms with Gasteiger partial charge in [0.15, 0.2) is 19.9 Å². The summed E-state index contributed by atoms with van der Waals surface area (Å²) in [6.45, 7) is 18.4. The van der Waals surface area contributed by atoms with Crippen molar-refractivity contribution in [3.63, 3.8) is 0 Å². The van der Waals surface area contributed by atoms with Gasteiger partial charge in [0.25, 0.3) is 0 Å². The number of hydrogen-bond donors (Lipinski definition) is 1. The Labute approximate surface area is 152 Å². The standard InChI is InChI=1S/C18H34O6Si/c1-16(2,3)25(8,9)24-12-10(19)11-13(21-17(4,5)20-11)15-14(12)22-18(6,7)23-15/h10-15,19H,1-9H3/t10-,11-,12+,13+,14-,15-/m0/s1. The SMILES string of the molecule is CC1(C)O[C@@H]2[C@@H](O1)[C@H](O[Si](C)(C)C(C)(C)C)[C@@H](O)[C@@H]1OC(C)(C)O[C@@H]21. The van der Waals surface area contributed by atoms with Crippen molar-refractivity contribution < 1.29 is 28.5 Å². The van der Waals surface area contributed by atoms with Crippen LogP contribution in [0.1, 0.15) is 48.5 Å². The van der Waals surface area contributed by atoms with Gasteiger partial charge in [-0.25, -0.2) is 0 Å². The van der Waals surface area contributed by atoms with E-state index >= 15 is 0 Å². The third kappa shape index (κ3) is 3.45. The quantitative estimate of drug-likeness (QED) is 0.750. The smallest absolute Gasteiger partial charge is 0.192 e. The van der Waals surface area contributed by atoms with Crippen molar-refractivity contribution in [2.45, 2.75) is 115 Å². The summed E-state index contributed by atoms with van der Waals surface area (Å²) >= 11 is 0. The summed E-state index contributed by atoms with van der Waals surface area (Å²) in [5, 5.41) is 11.1. The molecular weight excluding hydrogens is 340 g/mol. The second kappa shape index (κ2) is 5.74. The molecule has 7 heteroatoms. The van der Waals surface area contributed by atoms with Crippen molar-refractivity contribution in [1.29, 1.82) is 0 Å². The highest BCUT2D eigenvalue weighted by Gasteiger charge is 2.64. The zero-order valence-electron chi connectivity index (χ0n) is 17.0. The maximum atomic E-state index is 11.1. The van der Waals surface area contributed by atoms with Crippen LogP contribution in [0.4, 0.5) is 0 Å². The second-order valence-corrected chi connectivity index (χ2v) is 14.7. The van der Waals surface area contributed by atoms with Crippen molar-refractivity contribution >= 4 is 8.32 Å². The molecule has 0 aromatic rings. The molecule has 0 aromatic heterocycles. The molecule has 3 aliphatic rings. The third-order valence-corrected chi connectivity index (χ3v) is 10.4. The van der Waals surface area contributed by atoms with E-state index in [2.05, 4.69) is 33.9 Å². The molecule has 2 saturated heterocycles. The fraction of sp³-hybridized carbons (Fsp3) is 1.00. The van der Waals surface area contributed by atoms with Crippen LogP contribution >= 0.6 is 0 Å². The summed E-state index contributed by atoms with van der Waals surface area (Å²) in [4.78, 5) is 0. The van der Waals surface area contributed by atoms with Gasteiger partial charge in [-0.2, -0.15) is 0 Å². The molecule has 0 amide bonds. The minimum Gasteiger partial charge on any atom is -0.408 e. The zero-order chi connectivity index (χ0) is 19.0. The summed E-state index contributed by atoms with van der Waals surface area (Å²) < 4.78 is 30.9. The fourth-order valence-corrected chi connectivity index (χ4v) is 5.00. The average Bonchev–Trinajstić information content (AvgIpc) is 2.89. The van der Waals surface area contributed by atoms with Gasteiger partial charge in [-0.1, -0.05) is 20.8 Å². The average molecular weight is 375 g/mol. The van der Waals surface area contributed by atoms with E-state index < -0.39 is 38.2 Å². The number of aliphatic hydroxyl groups is 1. The molecule has 0 radical (unpaired) electrons. The van der Waals surface area contributed by atoms with Crippen LogP contribution in [-0.4, -0.2) is 61.6 Å². The van der Waals surface area contributed by atoms with Gasteiger partial charge < -0.3 is 28.5 Å². The lowest BCUT2D eigenvalue weighted by Crippen LogP contribution is -2.64. The van der Waals surface area contributed by atoms with E-state index in [1.54, 1.807) is 0 Å². The van der Waals surface area contributed by atoms with Crippen LogP contribution in [0.3, 0.4) is 0 Å². The normalized spacial score (nSPS) is 43.0. The number of hydrogen-bond acceptors (Lipinski definition) is 6. The van der Waals surface area contributed by atoms with E-state index in [9.17, 15) is 5.11 Å². The first-order chi connectivity index (χ1) is 11.1. The van der Waals surface area contributed by atoms with E-state index in [1.165, 1.54) is 0 Å². The molecular formula is C18H34O6Si. The molecule has 0 aromatic carbocycles. The molecule has 146 valence electrons. The van der Waals surface area contributed by atoms with Crippen LogP contribution in [0.25, 0.3) is 0 Å². The first-order valence-corrected chi connectivity index (χ1v) is 12.1. The van der Waals surface area contributed by atoms with Gasteiger partial charge in [0.1, 0.15) is 36.6 Å². The van der Waals surface area contributed by atoms with E-state index in [4.69, 9.17) is 23.4 Å².